The minimum Gasteiger partial charge on any atom is -0.490 e. The molecule has 1 heterocycles. The lowest BCUT2D eigenvalue weighted by Gasteiger charge is -2.26. The maximum absolute atomic E-state index is 12.7. The van der Waals surface area contributed by atoms with Crippen molar-refractivity contribution in [3.63, 3.8) is 0 Å². The molecule has 3 rings (SSSR count). The van der Waals surface area contributed by atoms with Crippen LogP contribution in [0.2, 0.25) is 0 Å². The number of nitriles is 1. The molecule has 2 aromatic carbocycles. The van der Waals surface area contributed by atoms with Crippen molar-refractivity contribution in [2.45, 2.75) is 20.8 Å². The Labute approximate surface area is 158 Å². The van der Waals surface area contributed by atoms with Crippen LogP contribution in [-0.2, 0) is 4.79 Å². The van der Waals surface area contributed by atoms with Gasteiger partial charge in [-0.1, -0.05) is 0 Å². The van der Waals surface area contributed by atoms with Gasteiger partial charge in [-0.15, -0.1) is 0 Å². The molecule has 0 spiro atoms. The van der Waals surface area contributed by atoms with E-state index in [-0.39, 0.29) is 18.4 Å². The number of anilines is 2. The number of hydrogen-bond donors (Lipinski definition) is 1. The Hall–Kier alpha value is -3.33. The fraction of sp³-hybridized carbons (Fsp3) is 0.286. The van der Waals surface area contributed by atoms with Gasteiger partial charge in [0.15, 0.2) is 0 Å². The van der Waals surface area contributed by atoms with Gasteiger partial charge in [-0.05, 0) is 57.2 Å². The molecule has 138 valence electrons. The molecule has 1 aliphatic rings. The Morgan fingerprint density at radius 2 is 1.96 bits per heavy atom. The SMILES string of the molecule is CCN1C(=O)C(C)(C)COc2cc(NC(=O)c3ccc(C#N)cc3)ccc21. The van der Waals surface area contributed by atoms with E-state index in [0.29, 0.717) is 34.8 Å². The largest absolute Gasteiger partial charge is 0.490 e. The van der Waals surface area contributed by atoms with Crippen molar-refractivity contribution >= 4 is 23.2 Å². The summed E-state index contributed by atoms with van der Waals surface area (Å²) >= 11 is 0. The van der Waals surface area contributed by atoms with Crippen LogP contribution in [0.5, 0.6) is 5.75 Å². The van der Waals surface area contributed by atoms with Crippen molar-refractivity contribution in [1.82, 2.24) is 0 Å². The van der Waals surface area contributed by atoms with Crippen molar-refractivity contribution in [2.24, 2.45) is 5.41 Å². The predicted octanol–water partition coefficient (Wildman–Crippen LogP) is 3.58. The Kier molecular flexibility index (Phi) is 4.87. The molecule has 0 saturated heterocycles. The molecule has 0 unspecified atom stereocenters. The third kappa shape index (κ3) is 3.63. The highest BCUT2D eigenvalue weighted by molar-refractivity contribution is 6.05. The molecule has 6 heteroatoms. The lowest BCUT2D eigenvalue weighted by Crippen LogP contribution is -2.42. The summed E-state index contributed by atoms with van der Waals surface area (Å²) in [5.41, 5.74) is 1.60. The van der Waals surface area contributed by atoms with Gasteiger partial charge >= 0.3 is 0 Å². The molecule has 1 N–H and O–H groups in total. The summed E-state index contributed by atoms with van der Waals surface area (Å²) in [6.07, 6.45) is 0. The number of carbonyl (C=O) groups is 2. The number of carbonyl (C=O) groups excluding carboxylic acids is 2. The maximum atomic E-state index is 12.7. The zero-order chi connectivity index (χ0) is 19.6. The van der Waals surface area contributed by atoms with E-state index in [1.165, 1.54) is 0 Å². The smallest absolute Gasteiger partial charge is 0.255 e. The minimum absolute atomic E-state index is 0.0121. The van der Waals surface area contributed by atoms with Crippen LogP contribution in [0.3, 0.4) is 0 Å². The van der Waals surface area contributed by atoms with E-state index < -0.39 is 5.41 Å². The molecular weight excluding hydrogens is 342 g/mol. The predicted molar refractivity (Wildman–Crippen MR) is 103 cm³/mol. The van der Waals surface area contributed by atoms with Gasteiger partial charge in [-0.25, -0.2) is 0 Å². The molecule has 0 aliphatic carbocycles. The van der Waals surface area contributed by atoms with Crippen molar-refractivity contribution < 1.29 is 14.3 Å². The molecule has 0 bridgehead atoms. The quantitative estimate of drug-likeness (QED) is 0.903. The first-order chi connectivity index (χ1) is 12.9. The molecule has 0 saturated carbocycles. The Morgan fingerprint density at radius 1 is 1.26 bits per heavy atom. The van der Waals surface area contributed by atoms with Crippen molar-refractivity contribution in [1.29, 1.82) is 5.26 Å². The van der Waals surface area contributed by atoms with Gasteiger partial charge in [0.1, 0.15) is 12.4 Å². The van der Waals surface area contributed by atoms with Gasteiger partial charge < -0.3 is 15.0 Å². The van der Waals surface area contributed by atoms with Crippen molar-refractivity contribution in [3.05, 3.63) is 53.6 Å². The second kappa shape index (κ2) is 7.12. The van der Waals surface area contributed by atoms with Gasteiger partial charge in [0.05, 0.1) is 22.7 Å². The zero-order valence-electron chi connectivity index (χ0n) is 15.6. The number of rotatable bonds is 3. The highest BCUT2D eigenvalue weighted by Crippen LogP contribution is 2.38. The van der Waals surface area contributed by atoms with E-state index in [2.05, 4.69) is 5.32 Å². The average Bonchev–Trinajstić information content (AvgIpc) is 2.76. The summed E-state index contributed by atoms with van der Waals surface area (Å²) in [7, 11) is 0. The summed E-state index contributed by atoms with van der Waals surface area (Å²) in [6, 6.07) is 13.7. The topological polar surface area (TPSA) is 82.4 Å². The first-order valence-corrected chi connectivity index (χ1v) is 8.76. The highest BCUT2D eigenvalue weighted by Gasteiger charge is 2.37. The second-order valence-electron chi connectivity index (χ2n) is 7.05. The molecular formula is C21H21N3O3. The van der Waals surface area contributed by atoms with Crippen LogP contribution >= 0.6 is 0 Å². The Morgan fingerprint density at radius 3 is 2.59 bits per heavy atom. The van der Waals surface area contributed by atoms with Gasteiger partial charge in [-0.3, -0.25) is 9.59 Å². The number of ether oxygens (including phenoxy) is 1. The monoisotopic (exact) mass is 363 g/mol. The fourth-order valence-electron chi connectivity index (χ4n) is 2.94. The Balaban J connectivity index is 1.85. The lowest BCUT2D eigenvalue weighted by atomic mass is 9.93. The van der Waals surface area contributed by atoms with E-state index in [1.54, 1.807) is 47.4 Å². The van der Waals surface area contributed by atoms with Crippen molar-refractivity contribution in [2.75, 3.05) is 23.4 Å². The molecule has 0 fully saturated rings. The summed E-state index contributed by atoms with van der Waals surface area (Å²) in [6.45, 7) is 6.44. The molecule has 0 aromatic heterocycles. The third-order valence-electron chi connectivity index (χ3n) is 4.51. The number of fused-ring (bicyclic) bond motifs is 1. The van der Waals surface area contributed by atoms with Crippen LogP contribution in [-0.4, -0.2) is 25.0 Å². The molecule has 6 nitrogen and oxygen atoms in total. The highest BCUT2D eigenvalue weighted by atomic mass is 16.5. The normalized spacial score (nSPS) is 15.2. The number of hydrogen-bond acceptors (Lipinski definition) is 4. The fourth-order valence-corrected chi connectivity index (χ4v) is 2.94. The molecule has 1 aliphatic heterocycles. The number of amides is 2. The van der Waals surface area contributed by atoms with Crippen LogP contribution in [0.25, 0.3) is 0 Å². The second-order valence-corrected chi connectivity index (χ2v) is 7.05. The van der Waals surface area contributed by atoms with E-state index >= 15 is 0 Å². The van der Waals surface area contributed by atoms with Gasteiger partial charge in [0.2, 0.25) is 5.91 Å². The van der Waals surface area contributed by atoms with Gasteiger partial charge in [0, 0.05) is 23.9 Å². The van der Waals surface area contributed by atoms with Crippen LogP contribution in [0, 0.1) is 16.7 Å². The number of nitrogens with zero attached hydrogens (tertiary/aromatic N) is 2. The van der Waals surface area contributed by atoms with Crippen LogP contribution in [0.15, 0.2) is 42.5 Å². The van der Waals surface area contributed by atoms with Crippen LogP contribution in [0.1, 0.15) is 36.7 Å². The first kappa shape index (κ1) is 18.5. The van der Waals surface area contributed by atoms with E-state index in [9.17, 15) is 9.59 Å². The van der Waals surface area contributed by atoms with E-state index in [1.807, 2.05) is 26.8 Å². The summed E-state index contributed by atoms with van der Waals surface area (Å²) in [5, 5.41) is 11.7. The summed E-state index contributed by atoms with van der Waals surface area (Å²) in [5.74, 6) is 0.295. The summed E-state index contributed by atoms with van der Waals surface area (Å²) in [4.78, 5) is 26.8. The standard InChI is InChI=1S/C21H21N3O3/c1-4-24-17-10-9-16(11-18(17)27-13-21(2,3)20(24)26)23-19(25)15-7-5-14(12-22)6-8-15/h5-11H,4,13H2,1-3H3,(H,23,25). The maximum Gasteiger partial charge on any atom is 0.255 e. The van der Waals surface area contributed by atoms with Crippen molar-refractivity contribution in [3.8, 4) is 11.8 Å². The van der Waals surface area contributed by atoms with Crippen LogP contribution < -0.4 is 15.0 Å². The number of nitrogens with one attached hydrogen (secondary N) is 1. The minimum atomic E-state index is -0.624. The van der Waals surface area contributed by atoms with E-state index in [0.717, 1.165) is 0 Å². The molecule has 27 heavy (non-hydrogen) atoms. The van der Waals surface area contributed by atoms with Gasteiger partial charge in [-0.2, -0.15) is 5.26 Å². The zero-order valence-corrected chi connectivity index (χ0v) is 15.6. The summed E-state index contributed by atoms with van der Waals surface area (Å²) < 4.78 is 5.87. The average molecular weight is 363 g/mol. The third-order valence-corrected chi connectivity index (χ3v) is 4.51. The molecule has 2 amide bonds. The number of benzene rings is 2. The molecule has 0 atom stereocenters. The first-order valence-electron chi connectivity index (χ1n) is 8.76. The van der Waals surface area contributed by atoms with Gasteiger partial charge in [0.25, 0.3) is 5.91 Å². The Bertz CT molecular complexity index is 927. The van der Waals surface area contributed by atoms with Crippen LogP contribution in [0.4, 0.5) is 11.4 Å². The lowest BCUT2D eigenvalue weighted by molar-refractivity contribution is -0.127. The molecule has 0 radical (unpaired) electrons. The van der Waals surface area contributed by atoms with E-state index in [4.69, 9.17) is 10.00 Å². The molecule has 2 aromatic rings.